The van der Waals surface area contributed by atoms with Crippen molar-refractivity contribution in [3.8, 4) is 0 Å². The third-order valence-corrected chi connectivity index (χ3v) is 10.4. The van der Waals surface area contributed by atoms with Crippen LogP contribution in [0, 0.1) is 11.8 Å². The molecule has 4 rings (SSSR count). The molecule has 0 aromatic heterocycles. The Morgan fingerprint density at radius 3 is 2.54 bits per heavy atom. The summed E-state index contributed by atoms with van der Waals surface area (Å²) in [5.74, 6) is -2.79. The minimum absolute atomic E-state index is 0.0577. The fourth-order valence-electron chi connectivity index (χ4n) is 7.81. The second kappa shape index (κ2) is 17.2. The van der Waals surface area contributed by atoms with Crippen molar-refractivity contribution >= 4 is 23.7 Å². The van der Waals surface area contributed by atoms with Gasteiger partial charge in [0, 0.05) is 39.7 Å². The van der Waals surface area contributed by atoms with Crippen molar-refractivity contribution in [3.63, 3.8) is 0 Å². The van der Waals surface area contributed by atoms with Crippen LogP contribution in [0.2, 0.25) is 0 Å². The van der Waals surface area contributed by atoms with Crippen molar-refractivity contribution in [1.29, 1.82) is 0 Å². The molecule has 1 aromatic carbocycles. The monoisotopic (exact) mass is 665 g/mol. The average Bonchev–Trinajstić information content (AvgIpc) is 3.74. The summed E-state index contributed by atoms with van der Waals surface area (Å²) in [6, 6.07) is 7.98. The number of amides is 3. The van der Waals surface area contributed by atoms with Gasteiger partial charge >= 0.3 is 5.97 Å². The molecule has 0 saturated carbocycles. The van der Waals surface area contributed by atoms with E-state index in [-0.39, 0.29) is 24.3 Å². The smallest absolute Gasteiger partial charge is 0.313 e. The summed E-state index contributed by atoms with van der Waals surface area (Å²) < 4.78 is 13.0. The summed E-state index contributed by atoms with van der Waals surface area (Å²) in [6.07, 6.45) is 8.70. The molecule has 264 valence electrons. The zero-order chi connectivity index (χ0) is 34.8. The number of allylic oxidation sites excluding steroid dienone is 1. The van der Waals surface area contributed by atoms with Crippen molar-refractivity contribution < 1.29 is 33.8 Å². The summed E-state index contributed by atoms with van der Waals surface area (Å²) in [5.41, 5.74) is -0.390. The normalized spacial score (nSPS) is 25.3. The van der Waals surface area contributed by atoms with Crippen LogP contribution in [0.1, 0.15) is 89.7 Å². The number of likely N-dealkylation sites (tertiary alicyclic amines) is 1. The van der Waals surface area contributed by atoms with Crippen molar-refractivity contribution in [1.82, 2.24) is 14.7 Å². The number of likely N-dealkylation sites (N-methyl/N-ethyl adjacent to an activating group) is 1. The van der Waals surface area contributed by atoms with Gasteiger partial charge in [-0.1, -0.05) is 62.2 Å². The lowest BCUT2D eigenvalue weighted by Gasteiger charge is -2.37. The zero-order valence-electron chi connectivity index (χ0n) is 29.1. The van der Waals surface area contributed by atoms with Gasteiger partial charge in [-0.05, 0) is 57.4 Å². The third-order valence-electron chi connectivity index (χ3n) is 10.4. The Morgan fingerprint density at radius 2 is 1.88 bits per heavy atom. The van der Waals surface area contributed by atoms with E-state index in [4.69, 9.17) is 9.47 Å². The molecule has 10 nitrogen and oxygen atoms in total. The maximum Gasteiger partial charge on any atom is 0.313 e. The van der Waals surface area contributed by atoms with E-state index in [2.05, 4.69) is 20.1 Å². The Hall–Kier alpha value is -3.50. The van der Waals surface area contributed by atoms with Gasteiger partial charge in [0.25, 0.3) is 0 Å². The first-order chi connectivity index (χ1) is 23.2. The highest BCUT2D eigenvalue weighted by molar-refractivity contribution is 5.98. The van der Waals surface area contributed by atoms with E-state index in [1.165, 1.54) is 0 Å². The van der Waals surface area contributed by atoms with Gasteiger partial charge in [0.1, 0.15) is 17.7 Å². The molecule has 0 unspecified atom stereocenters. The van der Waals surface area contributed by atoms with Crippen LogP contribution in [0.5, 0.6) is 0 Å². The number of hydrogen-bond donors (Lipinski definition) is 1. The second-order valence-electron chi connectivity index (χ2n) is 13.5. The van der Waals surface area contributed by atoms with Crippen LogP contribution in [0.15, 0.2) is 55.6 Å². The van der Waals surface area contributed by atoms with Crippen molar-refractivity contribution in [3.05, 3.63) is 61.2 Å². The molecule has 2 bridgehead atoms. The Labute approximate surface area is 286 Å². The number of esters is 1. The number of carbonyl (C=O) groups excluding carboxylic acids is 4. The quantitative estimate of drug-likeness (QED) is 0.121. The molecule has 0 radical (unpaired) electrons. The molecule has 1 N–H and O–H groups in total. The Kier molecular flexibility index (Phi) is 13.4. The van der Waals surface area contributed by atoms with Crippen LogP contribution in [-0.4, -0.2) is 101 Å². The number of carbonyl (C=O) groups is 4. The molecule has 1 spiro atoms. The van der Waals surface area contributed by atoms with Crippen molar-refractivity contribution in [2.75, 3.05) is 33.3 Å². The van der Waals surface area contributed by atoms with E-state index in [1.807, 2.05) is 37.3 Å². The predicted octanol–water partition coefficient (Wildman–Crippen LogP) is 4.83. The topological polar surface area (TPSA) is 117 Å². The third kappa shape index (κ3) is 7.70. The van der Waals surface area contributed by atoms with Crippen molar-refractivity contribution in [2.45, 2.75) is 108 Å². The van der Waals surface area contributed by atoms with E-state index < -0.39 is 47.7 Å². The molecule has 7 atom stereocenters. The molecule has 1 aromatic rings. The lowest BCUT2D eigenvalue weighted by Crippen LogP contribution is -2.56. The summed E-state index contributed by atoms with van der Waals surface area (Å²) in [5, 5.41) is 9.34. The molecule has 3 fully saturated rings. The zero-order valence-corrected chi connectivity index (χ0v) is 29.1. The van der Waals surface area contributed by atoms with Gasteiger partial charge in [-0.15, -0.1) is 13.2 Å². The molecule has 48 heavy (non-hydrogen) atoms. The number of benzene rings is 1. The maximum absolute atomic E-state index is 14.4. The molecule has 3 saturated heterocycles. The van der Waals surface area contributed by atoms with Crippen LogP contribution < -0.4 is 0 Å². The Bertz CT molecular complexity index is 1290. The number of hydrogen-bond acceptors (Lipinski definition) is 7. The Morgan fingerprint density at radius 1 is 1.12 bits per heavy atom. The Balaban J connectivity index is 1.65. The van der Waals surface area contributed by atoms with Gasteiger partial charge in [0.05, 0.1) is 24.0 Å². The molecular formula is C38H55N3O7. The summed E-state index contributed by atoms with van der Waals surface area (Å²) in [4.78, 5) is 61.2. The fraction of sp³-hybridized carbons (Fsp3) is 0.632. The number of ether oxygens (including phenoxy) is 2. The van der Waals surface area contributed by atoms with Crippen molar-refractivity contribution in [2.24, 2.45) is 11.8 Å². The number of aliphatic hydroxyl groups excluding tert-OH is 1. The molecule has 3 aliphatic heterocycles. The van der Waals surface area contributed by atoms with Gasteiger partial charge in [-0.25, -0.2) is 0 Å². The lowest BCUT2D eigenvalue weighted by atomic mass is 9.70. The number of aliphatic hydroxyl groups is 1. The standard InChI is InChI=1S/C38H55N3O7/c1-6-9-15-24-40(23-8-3)36(45)34-38-22-21-29(48-38)31(32(38)35(44)41(34)25-16-12-17-26-42)37(46)47-33(28-18-13-11-14-19-28)27(4)39(5)30(43)20-10-7-2/h7-8,11,13-14,18-19,27,29,31-34,42H,2-3,6,9-10,12,15-17,20-26H2,1,4-5H3/t27-,29-,31+,32+,33+,34-,38+/m0/s1. The summed E-state index contributed by atoms with van der Waals surface area (Å²) in [7, 11) is 1.70. The SMILES string of the molecule is C=CCCC(=O)N(C)[C@@H](C)[C@@H](OC(=O)[C@@H]1[C@@H]2CC[C@]3(O2)[C@H](C(=O)N(CC=C)CCCCC)N(CCCCCO)C(=O)[C@@H]13)c1ccccc1. The molecule has 10 heteroatoms. The van der Waals surface area contributed by atoms with Crippen LogP contribution in [0.3, 0.4) is 0 Å². The number of rotatable bonds is 20. The first kappa shape index (κ1) is 37.3. The van der Waals surface area contributed by atoms with E-state index in [0.717, 1.165) is 24.8 Å². The van der Waals surface area contributed by atoms with Gasteiger partial charge < -0.3 is 29.3 Å². The lowest BCUT2D eigenvalue weighted by molar-refractivity contribution is -0.164. The van der Waals surface area contributed by atoms with Gasteiger partial charge in [-0.2, -0.15) is 0 Å². The predicted molar refractivity (Wildman–Crippen MR) is 183 cm³/mol. The van der Waals surface area contributed by atoms with Crippen LogP contribution in [0.25, 0.3) is 0 Å². The van der Waals surface area contributed by atoms with E-state index in [9.17, 15) is 24.3 Å². The molecule has 3 heterocycles. The largest absolute Gasteiger partial charge is 0.455 e. The molecule has 3 aliphatic rings. The minimum Gasteiger partial charge on any atom is -0.455 e. The first-order valence-corrected chi connectivity index (χ1v) is 17.8. The summed E-state index contributed by atoms with van der Waals surface area (Å²) in [6.45, 7) is 12.9. The number of fused-ring (bicyclic) bond motifs is 1. The highest BCUT2D eigenvalue weighted by Gasteiger charge is 2.75. The summed E-state index contributed by atoms with van der Waals surface area (Å²) >= 11 is 0. The van der Waals surface area contributed by atoms with Gasteiger partial charge in [-0.3, -0.25) is 19.2 Å². The average molecular weight is 666 g/mol. The van der Waals surface area contributed by atoms with E-state index in [1.54, 1.807) is 33.9 Å². The molecule has 0 aliphatic carbocycles. The fourth-order valence-corrected chi connectivity index (χ4v) is 7.81. The first-order valence-electron chi connectivity index (χ1n) is 17.8. The second-order valence-corrected chi connectivity index (χ2v) is 13.5. The molecule has 3 amide bonds. The highest BCUT2D eigenvalue weighted by atomic mass is 16.6. The maximum atomic E-state index is 14.4. The highest BCUT2D eigenvalue weighted by Crippen LogP contribution is 2.59. The van der Waals surface area contributed by atoms with Crippen LogP contribution in [-0.2, 0) is 28.7 Å². The number of unbranched alkanes of at least 4 members (excludes halogenated alkanes) is 4. The van der Waals surface area contributed by atoms with Gasteiger partial charge in [0.15, 0.2) is 0 Å². The van der Waals surface area contributed by atoms with E-state index >= 15 is 0 Å². The molecular weight excluding hydrogens is 610 g/mol. The number of nitrogens with zero attached hydrogens (tertiary/aromatic N) is 3. The van der Waals surface area contributed by atoms with E-state index in [0.29, 0.717) is 64.6 Å². The van der Waals surface area contributed by atoms with Crippen LogP contribution >= 0.6 is 0 Å². The van der Waals surface area contributed by atoms with Crippen LogP contribution in [0.4, 0.5) is 0 Å². The minimum atomic E-state index is -1.13. The van der Waals surface area contributed by atoms with Gasteiger partial charge in [0.2, 0.25) is 17.7 Å².